The first-order valence-electron chi connectivity index (χ1n) is 7.66. The van der Waals surface area contributed by atoms with E-state index in [2.05, 4.69) is 10.6 Å². The molecule has 0 fully saturated rings. The Kier molecular flexibility index (Phi) is 4.79. The molecule has 7 heteroatoms. The lowest BCUT2D eigenvalue weighted by Gasteiger charge is -2.10. The number of carbonyl (C=O) groups is 2. The molecular formula is C19H14F2N2O3. The summed E-state index contributed by atoms with van der Waals surface area (Å²) in [4.78, 5) is 24.4. The highest BCUT2D eigenvalue weighted by atomic mass is 19.2. The van der Waals surface area contributed by atoms with E-state index in [0.717, 1.165) is 17.7 Å². The van der Waals surface area contributed by atoms with Gasteiger partial charge in [0.05, 0.1) is 6.26 Å². The fraction of sp³-hybridized carbons (Fsp3) is 0.0526. The summed E-state index contributed by atoms with van der Waals surface area (Å²) < 4.78 is 31.2. The number of amides is 2. The van der Waals surface area contributed by atoms with Crippen molar-refractivity contribution in [3.05, 3.63) is 83.3 Å². The van der Waals surface area contributed by atoms with E-state index in [9.17, 15) is 18.4 Å². The van der Waals surface area contributed by atoms with Crippen LogP contribution in [0.1, 0.15) is 26.5 Å². The fourth-order valence-electron chi connectivity index (χ4n) is 2.27. The second-order valence-electron chi connectivity index (χ2n) is 5.54. The van der Waals surface area contributed by atoms with Crippen molar-refractivity contribution in [1.29, 1.82) is 0 Å². The van der Waals surface area contributed by atoms with Crippen LogP contribution in [0, 0.1) is 18.6 Å². The Bertz CT molecular complexity index is 969. The van der Waals surface area contributed by atoms with E-state index in [4.69, 9.17) is 4.42 Å². The molecule has 0 spiro atoms. The molecule has 0 radical (unpaired) electrons. The van der Waals surface area contributed by atoms with E-state index in [1.807, 2.05) is 0 Å². The molecule has 0 saturated heterocycles. The highest BCUT2D eigenvalue weighted by Gasteiger charge is 2.14. The highest BCUT2D eigenvalue weighted by Crippen LogP contribution is 2.20. The third-order valence-electron chi connectivity index (χ3n) is 3.67. The van der Waals surface area contributed by atoms with Crippen LogP contribution in [0.4, 0.5) is 20.2 Å². The normalized spacial score (nSPS) is 10.4. The smallest absolute Gasteiger partial charge is 0.291 e. The van der Waals surface area contributed by atoms with Crippen molar-refractivity contribution in [1.82, 2.24) is 0 Å². The van der Waals surface area contributed by atoms with E-state index in [0.29, 0.717) is 5.69 Å². The number of anilines is 2. The van der Waals surface area contributed by atoms with Crippen LogP contribution in [0.3, 0.4) is 0 Å². The van der Waals surface area contributed by atoms with Crippen LogP contribution in [0.5, 0.6) is 0 Å². The minimum absolute atomic E-state index is 0.121. The van der Waals surface area contributed by atoms with Gasteiger partial charge in [-0.25, -0.2) is 8.78 Å². The van der Waals surface area contributed by atoms with Gasteiger partial charge in [0, 0.05) is 23.0 Å². The van der Waals surface area contributed by atoms with Gasteiger partial charge in [-0.15, -0.1) is 0 Å². The molecule has 3 aromatic rings. The molecule has 5 nitrogen and oxygen atoms in total. The summed E-state index contributed by atoms with van der Waals surface area (Å²) in [6, 6.07) is 10.9. The van der Waals surface area contributed by atoms with E-state index < -0.39 is 23.4 Å². The van der Waals surface area contributed by atoms with Crippen molar-refractivity contribution >= 4 is 23.2 Å². The molecule has 0 bridgehead atoms. The maximum Gasteiger partial charge on any atom is 0.291 e. The first kappa shape index (κ1) is 17.3. The highest BCUT2D eigenvalue weighted by molar-refractivity contribution is 6.07. The van der Waals surface area contributed by atoms with Crippen LogP contribution >= 0.6 is 0 Å². The first-order chi connectivity index (χ1) is 12.4. The first-order valence-corrected chi connectivity index (χ1v) is 7.66. The lowest BCUT2D eigenvalue weighted by molar-refractivity contribution is 0.0993. The standard InChI is InChI=1S/C19H14F2N2O3/c1-11-4-5-12(9-16(11)23-19(25)17-3-2-8-26-17)18(24)22-13-6-7-14(20)15(21)10-13/h2-10H,1H3,(H,22,24)(H,23,25). The Morgan fingerprint density at radius 1 is 0.923 bits per heavy atom. The van der Waals surface area contributed by atoms with Gasteiger partial charge in [0.15, 0.2) is 17.4 Å². The number of carbonyl (C=O) groups excluding carboxylic acids is 2. The molecule has 0 aliphatic carbocycles. The van der Waals surface area contributed by atoms with Crippen LogP contribution in [-0.4, -0.2) is 11.8 Å². The molecular weight excluding hydrogens is 342 g/mol. The third kappa shape index (κ3) is 3.77. The summed E-state index contributed by atoms with van der Waals surface area (Å²) in [7, 11) is 0. The largest absolute Gasteiger partial charge is 0.459 e. The van der Waals surface area contributed by atoms with Crippen molar-refractivity contribution < 1.29 is 22.8 Å². The molecule has 1 heterocycles. The lowest BCUT2D eigenvalue weighted by Crippen LogP contribution is -2.15. The van der Waals surface area contributed by atoms with Crippen LogP contribution < -0.4 is 10.6 Å². The van der Waals surface area contributed by atoms with Gasteiger partial charge in [0.25, 0.3) is 11.8 Å². The average molecular weight is 356 g/mol. The van der Waals surface area contributed by atoms with Crippen LogP contribution in [0.25, 0.3) is 0 Å². The average Bonchev–Trinajstić information content (AvgIpc) is 3.15. The number of halogens is 2. The van der Waals surface area contributed by atoms with Gasteiger partial charge < -0.3 is 15.1 Å². The maximum atomic E-state index is 13.2. The second-order valence-corrected chi connectivity index (χ2v) is 5.54. The zero-order valence-electron chi connectivity index (χ0n) is 13.7. The Hall–Kier alpha value is -3.48. The van der Waals surface area contributed by atoms with Crippen LogP contribution in [-0.2, 0) is 0 Å². The van der Waals surface area contributed by atoms with Crippen molar-refractivity contribution in [2.24, 2.45) is 0 Å². The fourth-order valence-corrected chi connectivity index (χ4v) is 2.27. The summed E-state index contributed by atoms with van der Waals surface area (Å²) in [5.74, 6) is -2.89. The third-order valence-corrected chi connectivity index (χ3v) is 3.67. The minimum atomic E-state index is -1.06. The molecule has 132 valence electrons. The van der Waals surface area contributed by atoms with Crippen LogP contribution in [0.15, 0.2) is 59.2 Å². The van der Waals surface area contributed by atoms with Gasteiger partial charge in [-0.1, -0.05) is 6.07 Å². The summed E-state index contributed by atoms with van der Waals surface area (Å²) in [6.07, 6.45) is 1.38. The SMILES string of the molecule is Cc1ccc(C(=O)Nc2ccc(F)c(F)c2)cc1NC(=O)c1ccco1. The van der Waals surface area contributed by atoms with E-state index in [-0.39, 0.29) is 17.0 Å². The molecule has 2 N–H and O–H groups in total. The summed E-state index contributed by atoms with van der Waals surface area (Å²) in [5, 5.41) is 5.14. The molecule has 26 heavy (non-hydrogen) atoms. The molecule has 0 aliphatic heterocycles. The zero-order chi connectivity index (χ0) is 18.7. The molecule has 1 aromatic heterocycles. The van der Waals surface area contributed by atoms with Gasteiger partial charge in [0.1, 0.15) is 0 Å². The molecule has 0 atom stereocenters. The minimum Gasteiger partial charge on any atom is -0.459 e. The molecule has 2 amide bonds. The topological polar surface area (TPSA) is 71.3 Å². The predicted octanol–water partition coefficient (Wildman–Crippen LogP) is 4.37. The monoisotopic (exact) mass is 356 g/mol. The van der Waals surface area contributed by atoms with Gasteiger partial charge in [-0.2, -0.15) is 0 Å². The van der Waals surface area contributed by atoms with Crippen molar-refractivity contribution in [3.63, 3.8) is 0 Å². The number of benzene rings is 2. The predicted molar refractivity (Wildman–Crippen MR) is 92.2 cm³/mol. The summed E-state index contributed by atoms with van der Waals surface area (Å²) >= 11 is 0. The van der Waals surface area contributed by atoms with E-state index >= 15 is 0 Å². The molecule has 0 unspecified atom stereocenters. The number of hydrogen-bond donors (Lipinski definition) is 2. The quantitative estimate of drug-likeness (QED) is 0.729. The number of aryl methyl sites for hydroxylation is 1. The van der Waals surface area contributed by atoms with Crippen LogP contribution in [0.2, 0.25) is 0 Å². The van der Waals surface area contributed by atoms with E-state index in [1.54, 1.807) is 25.1 Å². The van der Waals surface area contributed by atoms with Gasteiger partial charge in [0.2, 0.25) is 0 Å². The van der Waals surface area contributed by atoms with Gasteiger partial charge in [-0.3, -0.25) is 9.59 Å². The Morgan fingerprint density at radius 2 is 1.73 bits per heavy atom. The number of nitrogens with one attached hydrogen (secondary N) is 2. The second kappa shape index (κ2) is 7.18. The zero-order valence-corrected chi connectivity index (χ0v) is 13.7. The molecule has 2 aromatic carbocycles. The molecule has 0 saturated carbocycles. The van der Waals surface area contributed by atoms with E-state index in [1.165, 1.54) is 24.5 Å². The Morgan fingerprint density at radius 3 is 2.42 bits per heavy atom. The lowest BCUT2D eigenvalue weighted by atomic mass is 10.1. The van der Waals surface area contributed by atoms with Gasteiger partial charge >= 0.3 is 0 Å². The Balaban J connectivity index is 1.78. The van der Waals surface area contributed by atoms with Gasteiger partial charge in [-0.05, 0) is 48.9 Å². The molecule has 0 aliphatic rings. The van der Waals surface area contributed by atoms with Crippen molar-refractivity contribution in [3.8, 4) is 0 Å². The number of hydrogen-bond acceptors (Lipinski definition) is 3. The summed E-state index contributed by atoms with van der Waals surface area (Å²) in [5.41, 5.74) is 1.55. The summed E-state index contributed by atoms with van der Waals surface area (Å²) in [6.45, 7) is 1.77. The van der Waals surface area contributed by atoms with Crippen molar-refractivity contribution in [2.75, 3.05) is 10.6 Å². The molecule has 3 rings (SSSR count). The maximum absolute atomic E-state index is 13.2. The number of rotatable bonds is 4. The van der Waals surface area contributed by atoms with Crippen molar-refractivity contribution in [2.45, 2.75) is 6.92 Å². The number of furan rings is 1. The Labute approximate surface area is 147 Å².